The highest BCUT2D eigenvalue weighted by Gasteiger charge is 2.28. The first kappa shape index (κ1) is 15.4. The molecule has 2 aromatic rings. The quantitative estimate of drug-likeness (QED) is 0.908. The van der Waals surface area contributed by atoms with Gasteiger partial charge in [0.05, 0.1) is 0 Å². The predicted octanol–water partition coefficient (Wildman–Crippen LogP) is 4.38. The fraction of sp³-hybridized carbons (Fsp3) is 0.368. The maximum absolute atomic E-state index is 10.5. The number of benzene rings is 2. The molecule has 0 radical (unpaired) electrons. The minimum absolute atomic E-state index is 0.264. The molecule has 22 heavy (non-hydrogen) atoms. The van der Waals surface area contributed by atoms with Crippen molar-refractivity contribution in [2.24, 2.45) is 0 Å². The summed E-state index contributed by atoms with van der Waals surface area (Å²) in [6.45, 7) is 3.04. The average molecular weight is 316 g/mol. The minimum atomic E-state index is 0.264. The summed E-state index contributed by atoms with van der Waals surface area (Å²) in [6, 6.07) is 12.5. The van der Waals surface area contributed by atoms with Crippen LogP contribution in [0.25, 0.3) is 0 Å². The van der Waals surface area contributed by atoms with Crippen molar-refractivity contribution in [1.29, 1.82) is 0 Å². The maximum Gasteiger partial charge on any atom is 0.122 e. The molecule has 3 rings (SSSR count). The highest BCUT2D eigenvalue weighted by Crippen LogP contribution is 2.38. The molecule has 0 aromatic heterocycles. The normalized spacial score (nSPS) is 18.2. The van der Waals surface area contributed by atoms with Crippen LogP contribution < -0.4 is 0 Å². The number of aromatic hydroxyl groups is 1. The zero-order valence-electron chi connectivity index (χ0n) is 13.1. The number of phenols is 1. The molecule has 116 valence electrons. The Labute approximate surface area is 137 Å². The van der Waals surface area contributed by atoms with E-state index in [2.05, 4.69) is 37.1 Å². The lowest BCUT2D eigenvalue weighted by Crippen LogP contribution is -2.33. The van der Waals surface area contributed by atoms with E-state index in [0.29, 0.717) is 5.75 Å². The van der Waals surface area contributed by atoms with Gasteiger partial charge in [0.1, 0.15) is 5.75 Å². The first-order chi connectivity index (χ1) is 10.6. The minimum Gasteiger partial charge on any atom is -0.507 e. The van der Waals surface area contributed by atoms with Gasteiger partial charge in [0.15, 0.2) is 0 Å². The van der Waals surface area contributed by atoms with Crippen molar-refractivity contribution in [2.45, 2.75) is 32.2 Å². The van der Waals surface area contributed by atoms with Gasteiger partial charge in [-0.3, -0.25) is 4.90 Å². The number of rotatable bonds is 3. The van der Waals surface area contributed by atoms with Crippen molar-refractivity contribution in [2.75, 3.05) is 13.6 Å². The zero-order valence-corrected chi connectivity index (χ0v) is 13.9. The Morgan fingerprint density at radius 3 is 2.68 bits per heavy atom. The topological polar surface area (TPSA) is 23.5 Å². The summed E-state index contributed by atoms with van der Waals surface area (Å²) in [5, 5.41) is 11.3. The Morgan fingerprint density at radius 1 is 1.18 bits per heavy atom. The van der Waals surface area contributed by atoms with Crippen LogP contribution in [-0.2, 0) is 19.3 Å². The Morgan fingerprint density at radius 2 is 1.95 bits per heavy atom. The third-order valence-electron chi connectivity index (χ3n) is 4.76. The largest absolute Gasteiger partial charge is 0.507 e. The number of nitrogens with zero attached hydrogens (tertiary/aromatic N) is 1. The molecule has 1 aliphatic heterocycles. The second-order valence-electron chi connectivity index (χ2n) is 6.04. The first-order valence-electron chi connectivity index (χ1n) is 7.89. The predicted molar refractivity (Wildman–Crippen MR) is 91.7 cm³/mol. The van der Waals surface area contributed by atoms with Gasteiger partial charge in [0, 0.05) is 23.2 Å². The molecule has 2 aromatic carbocycles. The van der Waals surface area contributed by atoms with Crippen LogP contribution in [0.2, 0.25) is 5.02 Å². The number of hydrogen-bond donors (Lipinski definition) is 1. The summed E-state index contributed by atoms with van der Waals surface area (Å²) in [7, 11) is 2.15. The van der Waals surface area contributed by atoms with Gasteiger partial charge in [-0.25, -0.2) is 0 Å². The van der Waals surface area contributed by atoms with Gasteiger partial charge >= 0.3 is 0 Å². The van der Waals surface area contributed by atoms with E-state index in [4.69, 9.17) is 11.6 Å². The van der Waals surface area contributed by atoms with E-state index >= 15 is 0 Å². The van der Waals surface area contributed by atoms with Gasteiger partial charge in [0.25, 0.3) is 0 Å². The summed E-state index contributed by atoms with van der Waals surface area (Å²) < 4.78 is 0. The smallest absolute Gasteiger partial charge is 0.122 e. The van der Waals surface area contributed by atoms with Crippen LogP contribution in [0, 0.1) is 0 Å². The molecule has 1 unspecified atom stereocenters. The van der Waals surface area contributed by atoms with E-state index in [9.17, 15) is 5.11 Å². The first-order valence-corrected chi connectivity index (χ1v) is 8.26. The molecule has 1 atom stereocenters. The van der Waals surface area contributed by atoms with Gasteiger partial charge in [-0.05, 0) is 49.1 Å². The highest BCUT2D eigenvalue weighted by molar-refractivity contribution is 6.31. The van der Waals surface area contributed by atoms with Crippen molar-refractivity contribution in [3.8, 4) is 5.75 Å². The molecule has 1 heterocycles. The van der Waals surface area contributed by atoms with Crippen LogP contribution in [0.1, 0.15) is 35.2 Å². The molecular weight excluding hydrogens is 294 g/mol. The summed E-state index contributed by atoms with van der Waals surface area (Å²) in [6.07, 6.45) is 2.64. The summed E-state index contributed by atoms with van der Waals surface area (Å²) >= 11 is 6.33. The van der Waals surface area contributed by atoms with E-state index in [1.165, 1.54) is 5.56 Å². The Balaban J connectivity index is 2.00. The third kappa shape index (κ3) is 2.73. The van der Waals surface area contributed by atoms with Gasteiger partial charge in [-0.1, -0.05) is 48.9 Å². The number of likely N-dealkylation sites (N-methyl/N-ethyl adjacent to an activating group) is 1. The summed E-state index contributed by atoms with van der Waals surface area (Å²) in [5.41, 5.74) is 4.56. The van der Waals surface area contributed by atoms with E-state index in [-0.39, 0.29) is 6.04 Å². The Kier molecular flexibility index (Phi) is 4.42. The van der Waals surface area contributed by atoms with Gasteiger partial charge in [0.2, 0.25) is 0 Å². The Hall–Kier alpha value is -1.51. The van der Waals surface area contributed by atoms with Crippen LogP contribution in [0.4, 0.5) is 0 Å². The molecular formula is C19H22ClNO. The highest BCUT2D eigenvalue weighted by atomic mass is 35.5. The van der Waals surface area contributed by atoms with Crippen LogP contribution in [0.3, 0.4) is 0 Å². The van der Waals surface area contributed by atoms with Crippen LogP contribution >= 0.6 is 11.6 Å². The molecule has 3 heteroatoms. The van der Waals surface area contributed by atoms with E-state index in [0.717, 1.165) is 47.5 Å². The Bertz CT molecular complexity index is 683. The molecule has 1 aliphatic rings. The summed E-state index contributed by atoms with van der Waals surface area (Å²) in [4.78, 5) is 2.36. The number of aryl methyl sites for hydroxylation is 1. The lowest BCUT2D eigenvalue weighted by atomic mass is 9.87. The van der Waals surface area contributed by atoms with E-state index in [1.807, 2.05) is 18.2 Å². The molecule has 0 amide bonds. The lowest BCUT2D eigenvalue weighted by molar-refractivity contribution is 0.227. The molecule has 0 saturated heterocycles. The molecule has 0 saturated carbocycles. The van der Waals surface area contributed by atoms with Crippen LogP contribution in [0.15, 0.2) is 36.4 Å². The summed E-state index contributed by atoms with van der Waals surface area (Å²) in [5.74, 6) is 0.497. The van der Waals surface area contributed by atoms with Crippen molar-refractivity contribution >= 4 is 11.6 Å². The zero-order chi connectivity index (χ0) is 15.7. The fourth-order valence-electron chi connectivity index (χ4n) is 3.38. The lowest BCUT2D eigenvalue weighted by Gasteiger charge is -2.35. The molecule has 0 fully saturated rings. The standard InChI is InChI=1S/C19H22ClNO/c1-3-13-8-9-15-16(19(13)22)10-11-21(2)18(15)12-14-6-4-5-7-17(14)20/h4-9,18,22H,3,10-12H2,1-2H3. The van der Waals surface area contributed by atoms with E-state index in [1.54, 1.807) is 0 Å². The molecule has 0 bridgehead atoms. The van der Waals surface area contributed by atoms with Crippen molar-refractivity contribution in [1.82, 2.24) is 4.90 Å². The second kappa shape index (κ2) is 6.31. The fourth-order valence-corrected chi connectivity index (χ4v) is 3.59. The second-order valence-corrected chi connectivity index (χ2v) is 6.44. The van der Waals surface area contributed by atoms with Gasteiger partial charge in [-0.15, -0.1) is 0 Å². The van der Waals surface area contributed by atoms with Crippen LogP contribution in [-0.4, -0.2) is 23.6 Å². The van der Waals surface area contributed by atoms with E-state index < -0.39 is 0 Å². The number of halogens is 1. The van der Waals surface area contributed by atoms with Crippen molar-refractivity contribution < 1.29 is 5.11 Å². The SMILES string of the molecule is CCc1ccc2c(c1O)CCN(C)C2Cc1ccccc1Cl. The van der Waals surface area contributed by atoms with Gasteiger partial charge in [-0.2, -0.15) is 0 Å². The molecule has 0 spiro atoms. The molecule has 2 nitrogen and oxygen atoms in total. The van der Waals surface area contributed by atoms with Crippen molar-refractivity contribution in [3.63, 3.8) is 0 Å². The van der Waals surface area contributed by atoms with Gasteiger partial charge < -0.3 is 5.11 Å². The van der Waals surface area contributed by atoms with Crippen LogP contribution in [0.5, 0.6) is 5.75 Å². The third-order valence-corrected chi connectivity index (χ3v) is 5.13. The number of phenolic OH excluding ortho intramolecular Hbond substituents is 1. The number of fused-ring (bicyclic) bond motifs is 1. The number of hydrogen-bond acceptors (Lipinski definition) is 2. The maximum atomic E-state index is 10.5. The average Bonchev–Trinajstić information content (AvgIpc) is 2.52. The van der Waals surface area contributed by atoms with Crippen molar-refractivity contribution in [3.05, 3.63) is 63.7 Å². The molecule has 0 aliphatic carbocycles. The monoisotopic (exact) mass is 315 g/mol. The molecule has 1 N–H and O–H groups in total.